The first kappa shape index (κ1) is 19.1. The van der Waals surface area contributed by atoms with Crippen molar-refractivity contribution in [3.63, 3.8) is 0 Å². The summed E-state index contributed by atoms with van der Waals surface area (Å²) in [7, 11) is 0. The van der Waals surface area contributed by atoms with E-state index in [0.29, 0.717) is 29.5 Å². The molecule has 1 unspecified atom stereocenters. The first-order valence-electron chi connectivity index (χ1n) is 8.77. The van der Waals surface area contributed by atoms with Crippen LogP contribution in [0.1, 0.15) is 72.6 Å². The minimum absolute atomic E-state index is 0.112. The number of hydrogen-bond acceptors (Lipinski definition) is 4. The van der Waals surface area contributed by atoms with E-state index in [9.17, 15) is 19.5 Å². The van der Waals surface area contributed by atoms with E-state index in [4.69, 9.17) is 0 Å². The van der Waals surface area contributed by atoms with E-state index in [1.54, 1.807) is 31.2 Å². The molecule has 0 aromatic heterocycles. The van der Waals surface area contributed by atoms with Crippen LogP contribution in [-0.2, 0) is 4.79 Å². The number of carbonyl (C=O) groups excluding carboxylic acids is 3. The first-order chi connectivity index (χ1) is 11.9. The number of hydrogen-bond donors (Lipinski definition) is 1. The Bertz CT molecular complexity index is 645. The van der Waals surface area contributed by atoms with E-state index >= 15 is 0 Å². The van der Waals surface area contributed by atoms with E-state index in [2.05, 4.69) is 6.58 Å². The van der Waals surface area contributed by atoms with Gasteiger partial charge in [0.1, 0.15) is 6.23 Å². The van der Waals surface area contributed by atoms with Crippen molar-refractivity contribution in [1.82, 2.24) is 4.90 Å². The number of aliphatic hydroxyl groups excluding tert-OH is 1. The van der Waals surface area contributed by atoms with Crippen molar-refractivity contribution in [2.75, 3.05) is 0 Å². The molecule has 134 valence electrons. The molecule has 1 aliphatic rings. The minimum Gasteiger partial charge on any atom is -0.373 e. The maximum absolute atomic E-state index is 12.2. The molecule has 1 aromatic rings. The van der Waals surface area contributed by atoms with Gasteiger partial charge in [-0.1, -0.05) is 38.0 Å². The zero-order chi connectivity index (χ0) is 18.4. The number of rotatable bonds is 10. The summed E-state index contributed by atoms with van der Waals surface area (Å²) in [5, 5.41) is 10.2. The Kier molecular flexibility index (Phi) is 6.65. The lowest BCUT2D eigenvalue weighted by atomic mass is 10.0. The second-order valence-electron chi connectivity index (χ2n) is 6.52. The summed E-state index contributed by atoms with van der Waals surface area (Å²) < 4.78 is 0. The van der Waals surface area contributed by atoms with Gasteiger partial charge in [0.2, 0.25) is 0 Å². The van der Waals surface area contributed by atoms with Crippen LogP contribution in [0.4, 0.5) is 0 Å². The molecule has 5 nitrogen and oxygen atoms in total. The third-order valence-electron chi connectivity index (χ3n) is 4.47. The van der Waals surface area contributed by atoms with E-state index < -0.39 is 18.0 Å². The van der Waals surface area contributed by atoms with Crippen LogP contribution < -0.4 is 0 Å². The molecule has 1 aromatic carbocycles. The summed E-state index contributed by atoms with van der Waals surface area (Å²) >= 11 is 0. The standard InChI is InChI=1S/C20H25NO4/c1-14(2)17(22)12-6-4-3-5-7-13-18(23)21-19(24)15-10-8-9-11-16(15)20(21)25/h8-11,18,23H,1,3-7,12-13H2,2H3. The van der Waals surface area contributed by atoms with Gasteiger partial charge in [-0.2, -0.15) is 0 Å². The van der Waals surface area contributed by atoms with Gasteiger partial charge in [-0.3, -0.25) is 14.4 Å². The van der Waals surface area contributed by atoms with Crippen molar-refractivity contribution >= 4 is 17.6 Å². The summed E-state index contributed by atoms with van der Waals surface area (Å²) in [6.07, 6.45) is 4.18. The lowest BCUT2D eigenvalue weighted by Gasteiger charge is -2.21. The molecule has 2 amide bonds. The van der Waals surface area contributed by atoms with Crippen LogP contribution in [0, 0.1) is 0 Å². The number of amides is 2. The smallest absolute Gasteiger partial charge is 0.263 e. The number of carbonyl (C=O) groups is 3. The fourth-order valence-electron chi connectivity index (χ4n) is 2.96. The van der Waals surface area contributed by atoms with Gasteiger partial charge in [0.15, 0.2) is 5.78 Å². The maximum atomic E-state index is 12.2. The summed E-state index contributed by atoms with van der Waals surface area (Å²) in [4.78, 5) is 36.9. The zero-order valence-electron chi connectivity index (χ0n) is 14.7. The molecule has 1 aliphatic heterocycles. The fourth-order valence-corrected chi connectivity index (χ4v) is 2.96. The molecule has 1 N–H and O–H groups in total. The highest BCUT2D eigenvalue weighted by Crippen LogP contribution is 2.25. The van der Waals surface area contributed by atoms with Crippen LogP contribution in [-0.4, -0.2) is 33.8 Å². The number of Topliss-reactive ketones (excluding diaryl/α,β-unsaturated/α-hetero) is 1. The predicted octanol–water partition coefficient (Wildman–Crippen LogP) is 3.48. The van der Waals surface area contributed by atoms with Crippen LogP contribution in [0.2, 0.25) is 0 Å². The Hall–Kier alpha value is -2.27. The third-order valence-corrected chi connectivity index (χ3v) is 4.47. The fraction of sp³-hybridized carbons (Fsp3) is 0.450. The molecule has 2 rings (SSSR count). The normalized spacial score (nSPS) is 14.6. The van der Waals surface area contributed by atoms with Crippen molar-refractivity contribution in [2.45, 2.75) is 58.1 Å². The highest BCUT2D eigenvalue weighted by Gasteiger charge is 2.38. The third kappa shape index (κ3) is 4.63. The summed E-state index contributed by atoms with van der Waals surface area (Å²) in [5.74, 6) is -0.737. The average molecular weight is 343 g/mol. The maximum Gasteiger partial charge on any atom is 0.263 e. The Morgan fingerprint density at radius 1 is 1.04 bits per heavy atom. The minimum atomic E-state index is -1.09. The van der Waals surface area contributed by atoms with Crippen LogP contribution in [0.25, 0.3) is 0 Å². The molecule has 0 spiro atoms. The predicted molar refractivity (Wildman–Crippen MR) is 95.1 cm³/mol. The van der Waals surface area contributed by atoms with Crippen molar-refractivity contribution in [1.29, 1.82) is 0 Å². The number of allylic oxidation sites excluding steroid dienone is 1. The van der Waals surface area contributed by atoms with Crippen LogP contribution >= 0.6 is 0 Å². The second-order valence-corrected chi connectivity index (χ2v) is 6.52. The molecule has 5 heteroatoms. The molecule has 1 heterocycles. The number of imide groups is 1. The van der Waals surface area contributed by atoms with Gasteiger partial charge in [-0.25, -0.2) is 4.90 Å². The van der Waals surface area contributed by atoms with Crippen molar-refractivity contribution in [3.05, 3.63) is 47.5 Å². The van der Waals surface area contributed by atoms with Gasteiger partial charge in [-0.05, 0) is 43.9 Å². The van der Waals surface area contributed by atoms with Crippen LogP contribution in [0.3, 0.4) is 0 Å². The van der Waals surface area contributed by atoms with Gasteiger partial charge in [0, 0.05) is 6.42 Å². The lowest BCUT2D eigenvalue weighted by Crippen LogP contribution is -2.39. The molecule has 25 heavy (non-hydrogen) atoms. The van der Waals surface area contributed by atoms with Gasteiger partial charge in [0.25, 0.3) is 11.8 Å². The monoisotopic (exact) mass is 343 g/mol. The summed E-state index contributed by atoms with van der Waals surface area (Å²) in [6, 6.07) is 6.63. The summed E-state index contributed by atoms with van der Waals surface area (Å²) in [5.41, 5.74) is 1.31. The molecule has 0 saturated heterocycles. The molecular weight excluding hydrogens is 318 g/mol. The topological polar surface area (TPSA) is 74.7 Å². The first-order valence-corrected chi connectivity index (χ1v) is 8.77. The lowest BCUT2D eigenvalue weighted by molar-refractivity contribution is -0.115. The molecule has 0 bridgehead atoms. The van der Waals surface area contributed by atoms with E-state index in [1.165, 1.54) is 0 Å². The van der Waals surface area contributed by atoms with E-state index in [1.807, 2.05) is 0 Å². The van der Waals surface area contributed by atoms with Crippen molar-refractivity contribution in [3.8, 4) is 0 Å². The van der Waals surface area contributed by atoms with Crippen LogP contribution in [0.5, 0.6) is 0 Å². The molecule has 1 atom stereocenters. The van der Waals surface area contributed by atoms with Crippen molar-refractivity contribution in [2.24, 2.45) is 0 Å². The molecule has 0 aliphatic carbocycles. The van der Waals surface area contributed by atoms with Gasteiger partial charge in [0.05, 0.1) is 11.1 Å². The molecule has 0 radical (unpaired) electrons. The number of aliphatic hydroxyl groups is 1. The average Bonchev–Trinajstić information content (AvgIpc) is 2.85. The molecule has 0 fully saturated rings. The SMILES string of the molecule is C=C(C)C(=O)CCCCCCCC(O)N1C(=O)c2ccccc2C1=O. The van der Waals surface area contributed by atoms with Crippen molar-refractivity contribution < 1.29 is 19.5 Å². The Morgan fingerprint density at radius 2 is 1.56 bits per heavy atom. The van der Waals surface area contributed by atoms with E-state index in [-0.39, 0.29) is 5.78 Å². The Balaban J connectivity index is 1.69. The molecule has 0 saturated carbocycles. The number of nitrogens with zero attached hydrogens (tertiary/aromatic N) is 1. The Labute approximate surface area is 148 Å². The van der Waals surface area contributed by atoms with Gasteiger partial charge in [-0.15, -0.1) is 0 Å². The van der Waals surface area contributed by atoms with E-state index in [0.717, 1.165) is 37.0 Å². The number of ketones is 1. The highest BCUT2D eigenvalue weighted by atomic mass is 16.3. The van der Waals surface area contributed by atoms with Gasteiger partial charge >= 0.3 is 0 Å². The Morgan fingerprint density at radius 3 is 2.12 bits per heavy atom. The zero-order valence-corrected chi connectivity index (χ0v) is 14.7. The number of fused-ring (bicyclic) bond motifs is 1. The largest absolute Gasteiger partial charge is 0.373 e. The number of benzene rings is 1. The summed E-state index contributed by atoms with van der Waals surface area (Å²) in [6.45, 7) is 5.36. The van der Waals surface area contributed by atoms with Crippen LogP contribution in [0.15, 0.2) is 36.4 Å². The van der Waals surface area contributed by atoms with Gasteiger partial charge < -0.3 is 5.11 Å². The molecular formula is C20H25NO4. The quantitative estimate of drug-likeness (QED) is 0.401. The number of unbranched alkanes of at least 4 members (excludes halogenated alkanes) is 4. The highest BCUT2D eigenvalue weighted by molar-refractivity contribution is 6.21. The second kappa shape index (κ2) is 8.72.